The van der Waals surface area contributed by atoms with E-state index in [4.69, 9.17) is 4.74 Å². The standard InChI is InChI=1S/C17H27N3O2/c1-12(18-7-4-8-19-14(3)21)9-15-5-6-17-16(10-15)20-11-13(2)22-17/h5-6,10,12-13,18,20H,4,7-9,11H2,1-3H3,(H,19,21). The van der Waals surface area contributed by atoms with E-state index in [1.807, 2.05) is 0 Å². The zero-order valence-electron chi connectivity index (χ0n) is 13.7. The molecule has 1 aliphatic rings. The van der Waals surface area contributed by atoms with Crippen LogP contribution in [0.4, 0.5) is 5.69 Å². The molecular weight excluding hydrogens is 278 g/mol. The average Bonchev–Trinajstić information content (AvgIpc) is 2.46. The number of ether oxygens (including phenoxy) is 1. The van der Waals surface area contributed by atoms with Gasteiger partial charge < -0.3 is 20.7 Å². The first-order valence-electron chi connectivity index (χ1n) is 8.06. The second-order valence-corrected chi connectivity index (χ2v) is 6.04. The van der Waals surface area contributed by atoms with Gasteiger partial charge in [-0.2, -0.15) is 0 Å². The second-order valence-electron chi connectivity index (χ2n) is 6.04. The fourth-order valence-corrected chi connectivity index (χ4v) is 2.58. The first-order valence-corrected chi connectivity index (χ1v) is 8.06. The number of fused-ring (bicyclic) bond motifs is 1. The lowest BCUT2D eigenvalue weighted by Gasteiger charge is -2.25. The van der Waals surface area contributed by atoms with E-state index in [0.717, 1.165) is 43.9 Å². The van der Waals surface area contributed by atoms with Crippen molar-refractivity contribution in [1.29, 1.82) is 0 Å². The highest BCUT2D eigenvalue weighted by atomic mass is 16.5. The Balaban J connectivity index is 1.75. The summed E-state index contributed by atoms with van der Waals surface area (Å²) in [6.07, 6.45) is 2.15. The molecule has 2 unspecified atom stereocenters. The molecule has 1 aliphatic heterocycles. The van der Waals surface area contributed by atoms with E-state index in [2.05, 4.69) is 48.0 Å². The molecule has 0 aliphatic carbocycles. The molecule has 3 N–H and O–H groups in total. The molecule has 0 fully saturated rings. The van der Waals surface area contributed by atoms with E-state index in [0.29, 0.717) is 6.04 Å². The van der Waals surface area contributed by atoms with Crippen LogP contribution in [0.15, 0.2) is 18.2 Å². The van der Waals surface area contributed by atoms with Gasteiger partial charge in [-0.3, -0.25) is 4.79 Å². The summed E-state index contributed by atoms with van der Waals surface area (Å²) in [5, 5.41) is 9.71. The number of rotatable bonds is 7. The van der Waals surface area contributed by atoms with Gasteiger partial charge in [-0.1, -0.05) is 6.07 Å². The van der Waals surface area contributed by atoms with Gasteiger partial charge in [0.2, 0.25) is 5.91 Å². The molecule has 0 spiro atoms. The second kappa shape index (κ2) is 8.03. The number of benzene rings is 1. The number of carbonyl (C=O) groups is 1. The number of nitrogens with one attached hydrogen (secondary N) is 3. The molecule has 1 amide bonds. The van der Waals surface area contributed by atoms with Crippen molar-refractivity contribution in [3.8, 4) is 5.75 Å². The molecule has 5 nitrogen and oxygen atoms in total. The van der Waals surface area contributed by atoms with Crippen LogP contribution in [0.3, 0.4) is 0 Å². The number of hydrogen-bond acceptors (Lipinski definition) is 4. The van der Waals surface area contributed by atoms with Crippen LogP contribution < -0.4 is 20.7 Å². The van der Waals surface area contributed by atoms with Gasteiger partial charge in [0.15, 0.2) is 0 Å². The average molecular weight is 305 g/mol. The van der Waals surface area contributed by atoms with E-state index in [1.54, 1.807) is 6.92 Å². The van der Waals surface area contributed by atoms with E-state index in [-0.39, 0.29) is 12.0 Å². The highest BCUT2D eigenvalue weighted by Gasteiger charge is 2.15. The molecule has 0 bridgehead atoms. The van der Waals surface area contributed by atoms with Gasteiger partial charge in [0, 0.05) is 19.5 Å². The van der Waals surface area contributed by atoms with E-state index >= 15 is 0 Å². The van der Waals surface area contributed by atoms with E-state index in [1.165, 1.54) is 5.56 Å². The van der Waals surface area contributed by atoms with Gasteiger partial charge in [0.05, 0.1) is 12.2 Å². The Morgan fingerprint density at radius 3 is 3.05 bits per heavy atom. The van der Waals surface area contributed by atoms with Crippen molar-refractivity contribution in [2.24, 2.45) is 0 Å². The van der Waals surface area contributed by atoms with Crippen molar-refractivity contribution < 1.29 is 9.53 Å². The third-order valence-electron chi connectivity index (χ3n) is 3.71. The molecule has 122 valence electrons. The van der Waals surface area contributed by atoms with Crippen molar-refractivity contribution in [1.82, 2.24) is 10.6 Å². The zero-order valence-corrected chi connectivity index (χ0v) is 13.7. The Labute approximate surface area is 132 Å². The summed E-state index contributed by atoms with van der Waals surface area (Å²) in [5.74, 6) is 0.976. The summed E-state index contributed by atoms with van der Waals surface area (Å²) >= 11 is 0. The highest BCUT2D eigenvalue weighted by Crippen LogP contribution is 2.30. The number of anilines is 1. The van der Waals surface area contributed by atoms with Crippen LogP contribution in [-0.2, 0) is 11.2 Å². The number of hydrogen-bond donors (Lipinski definition) is 3. The predicted octanol–water partition coefficient (Wildman–Crippen LogP) is 1.93. The summed E-state index contributed by atoms with van der Waals surface area (Å²) in [7, 11) is 0. The zero-order chi connectivity index (χ0) is 15.9. The Morgan fingerprint density at radius 1 is 1.45 bits per heavy atom. The van der Waals surface area contributed by atoms with Crippen molar-refractivity contribution in [2.75, 3.05) is 25.0 Å². The Bertz CT molecular complexity index is 505. The smallest absolute Gasteiger partial charge is 0.216 e. The summed E-state index contributed by atoms with van der Waals surface area (Å²) in [6.45, 7) is 8.29. The summed E-state index contributed by atoms with van der Waals surface area (Å²) in [5.41, 5.74) is 2.39. The predicted molar refractivity (Wildman–Crippen MR) is 89.5 cm³/mol. The first-order chi connectivity index (χ1) is 10.5. The Morgan fingerprint density at radius 2 is 2.27 bits per heavy atom. The van der Waals surface area contributed by atoms with Gasteiger partial charge in [0.1, 0.15) is 11.9 Å². The van der Waals surface area contributed by atoms with Crippen molar-refractivity contribution in [2.45, 2.75) is 45.8 Å². The monoisotopic (exact) mass is 305 g/mol. The maximum atomic E-state index is 10.8. The molecular formula is C17H27N3O2. The van der Waals surface area contributed by atoms with Gasteiger partial charge in [-0.15, -0.1) is 0 Å². The Hall–Kier alpha value is -1.75. The fourth-order valence-electron chi connectivity index (χ4n) is 2.58. The van der Waals surface area contributed by atoms with Crippen LogP contribution in [-0.4, -0.2) is 37.7 Å². The van der Waals surface area contributed by atoms with Crippen LogP contribution in [0, 0.1) is 0 Å². The van der Waals surface area contributed by atoms with Crippen LogP contribution in [0.1, 0.15) is 32.8 Å². The molecule has 1 aromatic rings. The van der Waals surface area contributed by atoms with Gasteiger partial charge in [-0.05, 0) is 50.9 Å². The molecule has 2 atom stereocenters. The van der Waals surface area contributed by atoms with Crippen LogP contribution in [0.5, 0.6) is 5.75 Å². The maximum Gasteiger partial charge on any atom is 0.216 e. The molecule has 1 aromatic carbocycles. The minimum Gasteiger partial charge on any atom is -0.487 e. The SMILES string of the molecule is CC(=O)NCCCNC(C)Cc1ccc2c(c1)NCC(C)O2. The molecule has 5 heteroatoms. The summed E-state index contributed by atoms with van der Waals surface area (Å²) in [6, 6.07) is 6.76. The number of amides is 1. The van der Waals surface area contributed by atoms with Crippen molar-refractivity contribution in [3.05, 3.63) is 23.8 Å². The topological polar surface area (TPSA) is 62.4 Å². The summed E-state index contributed by atoms with van der Waals surface area (Å²) in [4.78, 5) is 10.8. The number of carbonyl (C=O) groups excluding carboxylic acids is 1. The van der Waals surface area contributed by atoms with Gasteiger partial charge in [0.25, 0.3) is 0 Å². The minimum atomic E-state index is 0.0335. The highest BCUT2D eigenvalue weighted by molar-refractivity contribution is 5.72. The largest absolute Gasteiger partial charge is 0.487 e. The van der Waals surface area contributed by atoms with Gasteiger partial charge >= 0.3 is 0 Å². The van der Waals surface area contributed by atoms with Gasteiger partial charge in [-0.25, -0.2) is 0 Å². The quantitative estimate of drug-likeness (QED) is 0.674. The lowest BCUT2D eigenvalue weighted by molar-refractivity contribution is -0.118. The maximum absolute atomic E-state index is 10.8. The van der Waals surface area contributed by atoms with Crippen LogP contribution in [0.2, 0.25) is 0 Å². The molecule has 22 heavy (non-hydrogen) atoms. The molecule has 0 aromatic heterocycles. The minimum absolute atomic E-state index is 0.0335. The molecule has 1 heterocycles. The van der Waals surface area contributed by atoms with E-state index in [9.17, 15) is 4.79 Å². The molecule has 0 saturated heterocycles. The van der Waals surface area contributed by atoms with E-state index < -0.39 is 0 Å². The third kappa shape index (κ3) is 5.22. The normalized spacial score (nSPS) is 17.9. The molecule has 0 radical (unpaired) electrons. The van der Waals surface area contributed by atoms with Crippen molar-refractivity contribution >= 4 is 11.6 Å². The summed E-state index contributed by atoms with van der Waals surface area (Å²) < 4.78 is 5.79. The molecule has 2 rings (SSSR count). The first kappa shape index (κ1) is 16.6. The lowest BCUT2D eigenvalue weighted by Crippen LogP contribution is -2.32. The molecule has 0 saturated carbocycles. The fraction of sp³-hybridized carbons (Fsp3) is 0.588. The lowest BCUT2D eigenvalue weighted by atomic mass is 10.1. The van der Waals surface area contributed by atoms with Crippen molar-refractivity contribution in [3.63, 3.8) is 0 Å². The third-order valence-corrected chi connectivity index (χ3v) is 3.71. The van der Waals surface area contributed by atoms with Crippen LogP contribution >= 0.6 is 0 Å². The van der Waals surface area contributed by atoms with Crippen LogP contribution in [0.25, 0.3) is 0 Å². The Kier molecular flexibility index (Phi) is 6.07.